The van der Waals surface area contributed by atoms with Crippen molar-refractivity contribution in [2.45, 2.75) is 24.3 Å². The molecular formula is C9H20NO3S+. The normalized spacial score (nSPS) is 33.5. The second-order valence-electron chi connectivity index (χ2n) is 4.92. The Labute approximate surface area is 86.4 Å². The largest absolute Gasteiger partial charge is 0.380 e. The zero-order chi connectivity index (χ0) is 11.1. The molecule has 84 valence electrons. The molecule has 0 radical (unpaired) electrons. The topological polar surface area (TPSA) is 43.4 Å². The quantitative estimate of drug-likeness (QED) is 0.626. The molecule has 0 bridgehead atoms. The van der Waals surface area contributed by atoms with Gasteiger partial charge in [-0.05, 0) is 6.92 Å². The summed E-state index contributed by atoms with van der Waals surface area (Å²) in [7, 11) is 4.72. The van der Waals surface area contributed by atoms with E-state index in [0.29, 0.717) is 4.48 Å². The summed E-state index contributed by atoms with van der Waals surface area (Å²) in [6.07, 6.45) is -0.212. The maximum absolute atomic E-state index is 11.6. The van der Waals surface area contributed by atoms with E-state index in [2.05, 4.69) is 0 Å². The molecule has 14 heavy (non-hydrogen) atoms. The number of rotatable bonds is 3. The average Bonchev–Trinajstić information content (AvgIpc) is 1.98. The van der Waals surface area contributed by atoms with Gasteiger partial charge in [0, 0.05) is 7.11 Å². The Bertz CT molecular complexity index is 305. The summed E-state index contributed by atoms with van der Waals surface area (Å²) in [6.45, 7) is 1.82. The van der Waals surface area contributed by atoms with Crippen LogP contribution in [0.4, 0.5) is 0 Å². The molecule has 0 aromatic carbocycles. The smallest absolute Gasteiger partial charge is 0.167 e. The van der Waals surface area contributed by atoms with Crippen LogP contribution in [0.25, 0.3) is 0 Å². The number of hydrogen-bond acceptors (Lipinski definition) is 3. The zero-order valence-electron chi connectivity index (χ0n) is 9.52. The minimum atomic E-state index is -2.91. The molecule has 0 aromatic heterocycles. The fraction of sp³-hybridized carbons (Fsp3) is 1.00. The van der Waals surface area contributed by atoms with E-state index in [-0.39, 0.29) is 23.1 Å². The third-order valence-electron chi connectivity index (χ3n) is 3.03. The van der Waals surface area contributed by atoms with Gasteiger partial charge in [-0.15, -0.1) is 0 Å². The molecule has 0 spiro atoms. The Morgan fingerprint density at radius 1 is 1.36 bits per heavy atom. The molecular weight excluding hydrogens is 202 g/mol. The fourth-order valence-electron chi connectivity index (χ4n) is 1.96. The lowest BCUT2D eigenvalue weighted by Gasteiger charge is -2.46. The lowest BCUT2D eigenvalue weighted by Crippen LogP contribution is -2.68. The van der Waals surface area contributed by atoms with Gasteiger partial charge in [-0.2, -0.15) is 0 Å². The molecule has 1 aliphatic heterocycles. The predicted octanol–water partition coefficient (Wildman–Crippen LogP) is -0.107. The van der Waals surface area contributed by atoms with E-state index in [4.69, 9.17) is 4.74 Å². The van der Waals surface area contributed by atoms with Crippen molar-refractivity contribution in [2.75, 3.05) is 34.0 Å². The Morgan fingerprint density at radius 2 is 1.86 bits per heavy atom. The molecule has 0 aromatic rings. The van der Waals surface area contributed by atoms with Gasteiger partial charge in [-0.1, -0.05) is 0 Å². The van der Waals surface area contributed by atoms with Crippen molar-refractivity contribution in [1.82, 2.24) is 0 Å². The molecule has 1 heterocycles. The Hall–Kier alpha value is -0.130. The highest BCUT2D eigenvalue weighted by molar-refractivity contribution is 7.93. The molecule has 0 N–H and O–H groups in total. The van der Waals surface area contributed by atoms with Gasteiger partial charge in [0.05, 0.1) is 27.2 Å². The van der Waals surface area contributed by atoms with Crippen LogP contribution in [-0.2, 0) is 14.6 Å². The maximum Gasteiger partial charge on any atom is 0.167 e. The van der Waals surface area contributed by atoms with Crippen molar-refractivity contribution in [2.24, 2.45) is 0 Å². The summed E-state index contributed by atoms with van der Waals surface area (Å²) in [6, 6.07) is 0.162. The lowest BCUT2D eigenvalue weighted by atomic mass is 10.1. The summed E-state index contributed by atoms with van der Waals surface area (Å²) in [5.74, 6) is 0.287. The van der Waals surface area contributed by atoms with Gasteiger partial charge in [0.15, 0.2) is 9.84 Å². The second-order valence-corrected chi connectivity index (χ2v) is 7.12. The van der Waals surface area contributed by atoms with Crippen LogP contribution in [0.2, 0.25) is 0 Å². The highest BCUT2D eigenvalue weighted by Crippen LogP contribution is 2.31. The molecule has 0 saturated carbocycles. The van der Waals surface area contributed by atoms with Crippen LogP contribution in [0.5, 0.6) is 0 Å². The number of sulfone groups is 1. The Kier molecular flexibility index (Phi) is 2.96. The molecule has 1 saturated heterocycles. The average molecular weight is 222 g/mol. The number of quaternary nitrogens is 1. The summed E-state index contributed by atoms with van der Waals surface area (Å²) in [4.78, 5) is 0. The minimum Gasteiger partial charge on any atom is -0.380 e. The molecule has 5 heteroatoms. The first-order valence-electron chi connectivity index (χ1n) is 4.75. The first-order valence-corrected chi connectivity index (χ1v) is 6.47. The summed E-state index contributed by atoms with van der Waals surface area (Å²) in [5, 5.41) is -0.340. The van der Waals surface area contributed by atoms with Gasteiger partial charge in [0.2, 0.25) is 0 Å². The van der Waals surface area contributed by atoms with E-state index in [9.17, 15) is 8.42 Å². The van der Waals surface area contributed by atoms with Gasteiger partial charge in [0.1, 0.15) is 17.0 Å². The maximum atomic E-state index is 11.6. The zero-order valence-corrected chi connectivity index (χ0v) is 10.3. The van der Waals surface area contributed by atoms with Gasteiger partial charge < -0.3 is 9.22 Å². The highest BCUT2D eigenvalue weighted by Gasteiger charge is 2.55. The van der Waals surface area contributed by atoms with Crippen molar-refractivity contribution < 1.29 is 17.6 Å². The van der Waals surface area contributed by atoms with Crippen LogP contribution in [-0.4, -0.2) is 64.3 Å². The van der Waals surface area contributed by atoms with Crippen LogP contribution in [0, 0.1) is 0 Å². The number of methoxy groups -OCH3 is 1. The van der Waals surface area contributed by atoms with E-state index in [0.717, 1.165) is 0 Å². The van der Waals surface area contributed by atoms with Gasteiger partial charge in [0.25, 0.3) is 0 Å². The van der Waals surface area contributed by atoms with Gasteiger partial charge in [-0.3, -0.25) is 0 Å². The van der Waals surface area contributed by atoms with Crippen LogP contribution in [0.1, 0.15) is 6.92 Å². The van der Waals surface area contributed by atoms with Crippen molar-refractivity contribution in [3.63, 3.8) is 0 Å². The molecule has 0 amide bonds. The molecule has 3 atom stereocenters. The second kappa shape index (κ2) is 3.47. The monoisotopic (exact) mass is 222 g/mol. The number of nitrogens with zero attached hydrogens (tertiary/aromatic N) is 1. The first-order chi connectivity index (χ1) is 6.20. The Balaban J connectivity index is 2.87. The molecule has 1 rings (SSSR count). The van der Waals surface area contributed by atoms with Crippen LogP contribution < -0.4 is 0 Å². The van der Waals surface area contributed by atoms with E-state index >= 15 is 0 Å². The lowest BCUT2D eigenvalue weighted by molar-refractivity contribution is -0.895. The molecule has 0 unspecified atom stereocenters. The summed E-state index contributed by atoms with van der Waals surface area (Å²) in [5.41, 5.74) is 0. The first kappa shape index (κ1) is 11.9. The van der Waals surface area contributed by atoms with Gasteiger partial charge >= 0.3 is 0 Å². The van der Waals surface area contributed by atoms with Crippen LogP contribution in [0.15, 0.2) is 0 Å². The van der Waals surface area contributed by atoms with Crippen LogP contribution >= 0.6 is 0 Å². The number of ether oxygens (including phenoxy) is 1. The molecule has 1 fully saturated rings. The van der Waals surface area contributed by atoms with Crippen molar-refractivity contribution in [3.05, 3.63) is 0 Å². The van der Waals surface area contributed by atoms with Crippen molar-refractivity contribution in [3.8, 4) is 0 Å². The van der Waals surface area contributed by atoms with E-state index in [1.165, 1.54) is 0 Å². The third kappa shape index (κ3) is 1.94. The van der Waals surface area contributed by atoms with Gasteiger partial charge in [-0.25, -0.2) is 8.42 Å². The summed E-state index contributed by atoms with van der Waals surface area (Å²) >= 11 is 0. The van der Waals surface area contributed by atoms with Crippen LogP contribution in [0.3, 0.4) is 0 Å². The molecule has 0 aliphatic carbocycles. The van der Waals surface area contributed by atoms with Crippen molar-refractivity contribution in [1.29, 1.82) is 0 Å². The Morgan fingerprint density at radius 3 is 2.14 bits per heavy atom. The van der Waals surface area contributed by atoms with Crippen molar-refractivity contribution >= 4 is 9.84 Å². The fourth-order valence-corrected chi connectivity index (χ4v) is 4.59. The molecule has 1 aliphatic rings. The number of hydrogen-bond donors (Lipinski definition) is 0. The predicted molar refractivity (Wildman–Crippen MR) is 55.9 cm³/mol. The SMILES string of the molecule is CO[C@@H](C)[C@H]1[C@H]([N+](C)(C)C)CS1(=O)=O. The van der Waals surface area contributed by atoms with E-state index < -0.39 is 9.84 Å². The van der Waals surface area contributed by atoms with E-state index in [1.54, 1.807) is 7.11 Å². The van der Waals surface area contributed by atoms with E-state index in [1.807, 2.05) is 28.1 Å². The highest BCUT2D eigenvalue weighted by atomic mass is 32.2. The molecule has 4 nitrogen and oxygen atoms in total. The third-order valence-corrected chi connectivity index (χ3v) is 5.36. The summed E-state index contributed by atoms with van der Waals surface area (Å²) < 4.78 is 29.0. The minimum absolute atomic E-state index is 0.162. The standard InChI is InChI=1S/C9H20NO3S/c1-7(13-5)9-8(10(2,3)4)6-14(9,11)12/h7-9H,6H2,1-5H3/q+1/t7-,8+,9-/m0/s1.